The Kier molecular flexibility index (Phi) is 4.55. The highest BCUT2D eigenvalue weighted by Gasteiger charge is 2.19. The fourth-order valence-corrected chi connectivity index (χ4v) is 1.79. The second-order valence-electron chi connectivity index (χ2n) is 5.24. The lowest BCUT2D eigenvalue weighted by atomic mass is 10.2. The summed E-state index contributed by atoms with van der Waals surface area (Å²) in [5.74, 6) is 0.964. The highest BCUT2D eigenvalue weighted by molar-refractivity contribution is 5.38. The van der Waals surface area contributed by atoms with E-state index >= 15 is 0 Å². The molecule has 0 radical (unpaired) electrons. The lowest BCUT2D eigenvalue weighted by Gasteiger charge is -2.19. The first-order chi connectivity index (χ1) is 8.65. The van der Waals surface area contributed by atoms with Gasteiger partial charge < -0.3 is 15.3 Å². The van der Waals surface area contributed by atoms with Crippen LogP contribution in [-0.4, -0.2) is 35.8 Å². The first-order valence-corrected chi connectivity index (χ1v) is 6.72. The van der Waals surface area contributed by atoms with Gasteiger partial charge in [-0.25, -0.2) is 4.98 Å². The van der Waals surface area contributed by atoms with Crippen molar-refractivity contribution in [1.82, 2.24) is 10.3 Å². The standard InChI is InChI=1S/C14H23N3O/c1-11(18)7-8-17(2)14-6-3-12(10-16-14)9-15-13-4-5-13/h3,6,10-11,13,15,18H,4-5,7-9H2,1-2H3. The minimum absolute atomic E-state index is 0.255. The number of aliphatic hydroxyl groups excluding tert-OH is 1. The number of pyridine rings is 1. The van der Waals surface area contributed by atoms with Crippen LogP contribution >= 0.6 is 0 Å². The summed E-state index contributed by atoms with van der Waals surface area (Å²) in [4.78, 5) is 6.53. The van der Waals surface area contributed by atoms with E-state index in [4.69, 9.17) is 0 Å². The van der Waals surface area contributed by atoms with E-state index in [0.29, 0.717) is 0 Å². The number of nitrogens with one attached hydrogen (secondary N) is 1. The van der Waals surface area contributed by atoms with Crippen LogP contribution in [0.3, 0.4) is 0 Å². The number of aliphatic hydroxyl groups is 1. The van der Waals surface area contributed by atoms with E-state index < -0.39 is 0 Å². The van der Waals surface area contributed by atoms with E-state index in [1.54, 1.807) is 0 Å². The molecule has 1 aromatic rings. The summed E-state index contributed by atoms with van der Waals surface area (Å²) in [6.07, 6.45) is 5.07. The molecule has 0 aromatic carbocycles. The summed E-state index contributed by atoms with van der Waals surface area (Å²) in [7, 11) is 2.01. The zero-order valence-electron chi connectivity index (χ0n) is 11.3. The van der Waals surface area contributed by atoms with Gasteiger partial charge in [-0.15, -0.1) is 0 Å². The maximum absolute atomic E-state index is 9.26. The minimum atomic E-state index is -0.255. The maximum atomic E-state index is 9.26. The molecular formula is C14H23N3O. The molecule has 4 nitrogen and oxygen atoms in total. The van der Waals surface area contributed by atoms with Gasteiger partial charge in [-0.3, -0.25) is 0 Å². The van der Waals surface area contributed by atoms with Gasteiger partial charge in [-0.1, -0.05) is 6.07 Å². The van der Waals surface area contributed by atoms with Crippen molar-refractivity contribution in [3.8, 4) is 0 Å². The molecule has 0 saturated heterocycles. The Bertz CT molecular complexity index is 360. The molecule has 1 heterocycles. The molecule has 2 N–H and O–H groups in total. The molecule has 1 atom stereocenters. The van der Waals surface area contributed by atoms with Gasteiger partial charge in [0.2, 0.25) is 0 Å². The van der Waals surface area contributed by atoms with Crippen LogP contribution < -0.4 is 10.2 Å². The Morgan fingerprint density at radius 3 is 2.83 bits per heavy atom. The molecule has 100 valence electrons. The molecule has 1 aliphatic carbocycles. The summed E-state index contributed by atoms with van der Waals surface area (Å²) >= 11 is 0. The second kappa shape index (κ2) is 6.16. The number of nitrogens with zero attached hydrogens (tertiary/aromatic N) is 2. The third-order valence-corrected chi connectivity index (χ3v) is 3.25. The molecule has 0 amide bonds. The van der Waals surface area contributed by atoms with Crippen LogP contribution in [0.2, 0.25) is 0 Å². The van der Waals surface area contributed by atoms with Gasteiger partial charge in [0.05, 0.1) is 6.10 Å². The molecule has 0 spiro atoms. The quantitative estimate of drug-likeness (QED) is 0.769. The number of hydrogen-bond acceptors (Lipinski definition) is 4. The van der Waals surface area contributed by atoms with Gasteiger partial charge in [0.25, 0.3) is 0 Å². The van der Waals surface area contributed by atoms with Crippen LogP contribution in [0.4, 0.5) is 5.82 Å². The van der Waals surface area contributed by atoms with Gasteiger partial charge in [0.1, 0.15) is 5.82 Å². The van der Waals surface area contributed by atoms with E-state index in [-0.39, 0.29) is 6.10 Å². The van der Waals surface area contributed by atoms with Crippen LogP contribution in [0.15, 0.2) is 18.3 Å². The predicted octanol–water partition coefficient (Wildman–Crippen LogP) is 1.54. The highest BCUT2D eigenvalue weighted by Crippen LogP contribution is 2.19. The maximum Gasteiger partial charge on any atom is 0.128 e. The molecule has 1 fully saturated rings. The van der Waals surface area contributed by atoms with Crippen LogP contribution in [0.1, 0.15) is 31.7 Å². The minimum Gasteiger partial charge on any atom is -0.393 e. The van der Waals surface area contributed by atoms with Crippen LogP contribution in [0.25, 0.3) is 0 Å². The smallest absolute Gasteiger partial charge is 0.128 e. The molecule has 1 unspecified atom stereocenters. The molecule has 1 aromatic heterocycles. The van der Waals surface area contributed by atoms with Crippen LogP contribution in [0, 0.1) is 0 Å². The predicted molar refractivity (Wildman–Crippen MR) is 73.7 cm³/mol. The first kappa shape index (κ1) is 13.3. The SMILES string of the molecule is CC(O)CCN(C)c1ccc(CNC2CC2)cn1. The summed E-state index contributed by atoms with van der Waals surface area (Å²) in [5.41, 5.74) is 1.23. The summed E-state index contributed by atoms with van der Waals surface area (Å²) < 4.78 is 0. The van der Waals surface area contributed by atoms with Gasteiger partial charge >= 0.3 is 0 Å². The third-order valence-electron chi connectivity index (χ3n) is 3.25. The average Bonchev–Trinajstić information content (AvgIpc) is 3.18. The molecule has 2 rings (SSSR count). The van der Waals surface area contributed by atoms with Gasteiger partial charge in [0, 0.05) is 32.4 Å². The zero-order chi connectivity index (χ0) is 13.0. The number of rotatable bonds is 7. The number of aromatic nitrogens is 1. The molecule has 0 bridgehead atoms. The summed E-state index contributed by atoms with van der Waals surface area (Å²) in [6, 6.07) is 4.90. The van der Waals surface area contributed by atoms with Crippen molar-refractivity contribution in [2.75, 3.05) is 18.5 Å². The Morgan fingerprint density at radius 2 is 2.28 bits per heavy atom. The van der Waals surface area contributed by atoms with Crippen molar-refractivity contribution in [2.24, 2.45) is 0 Å². The lowest BCUT2D eigenvalue weighted by molar-refractivity contribution is 0.187. The fourth-order valence-electron chi connectivity index (χ4n) is 1.79. The zero-order valence-corrected chi connectivity index (χ0v) is 11.3. The van der Waals surface area contributed by atoms with Crippen LogP contribution in [0.5, 0.6) is 0 Å². The first-order valence-electron chi connectivity index (χ1n) is 6.72. The lowest BCUT2D eigenvalue weighted by Crippen LogP contribution is -2.23. The summed E-state index contributed by atoms with van der Waals surface area (Å²) in [5, 5.41) is 12.7. The Labute approximate surface area is 109 Å². The third kappa shape index (κ3) is 4.27. The molecule has 1 aliphatic rings. The van der Waals surface area contributed by atoms with Gasteiger partial charge in [0.15, 0.2) is 0 Å². The van der Waals surface area contributed by atoms with Crippen molar-refractivity contribution in [2.45, 2.75) is 44.9 Å². The van der Waals surface area contributed by atoms with Crippen molar-refractivity contribution in [3.05, 3.63) is 23.9 Å². The van der Waals surface area contributed by atoms with Crippen LogP contribution in [-0.2, 0) is 6.54 Å². The van der Waals surface area contributed by atoms with Crippen molar-refractivity contribution in [3.63, 3.8) is 0 Å². The molecule has 18 heavy (non-hydrogen) atoms. The topological polar surface area (TPSA) is 48.4 Å². The van der Waals surface area contributed by atoms with Crippen molar-refractivity contribution < 1.29 is 5.11 Å². The monoisotopic (exact) mass is 249 g/mol. The second-order valence-corrected chi connectivity index (χ2v) is 5.24. The van der Waals surface area contributed by atoms with Crippen molar-refractivity contribution >= 4 is 5.82 Å². The number of anilines is 1. The van der Waals surface area contributed by atoms with E-state index in [1.165, 1.54) is 18.4 Å². The van der Waals surface area contributed by atoms with E-state index in [0.717, 1.165) is 31.4 Å². The van der Waals surface area contributed by atoms with E-state index in [9.17, 15) is 5.11 Å². The van der Waals surface area contributed by atoms with Crippen molar-refractivity contribution in [1.29, 1.82) is 0 Å². The van der Waals surface area contributed by atoms with E-state index in [1.807, 2.05) is 26.2 Å². The normalized spacial score (nSPS) is 16.6. The summed E-state index contributed by atoms with van der Waals surface area (Å²) in [6.45, 7) is 3.55. The number of hydrogen-bond donors (Lipinski definition) is 2. The Hall–Kier alpha value is -1.13. The highest BCUT2D eigenvalue weighted by atomic mass is 16.3. The van der Waals surface area contributed by atoms with E-state index in [2.05, 4.69) is 21.3 Å². The van der Waals surface area contributed by atoms with Gasteiger partial charge in [-0.2, -0.15) is 0 Å². The van der Waals surface area contributed by atoms with Gasteiger partial charge in [-0.05, 0) is 37.8 Å². The molecule has 0 aliphatic heterocycles. The molecular weight excluding hydrogens is 226 g/mol. The molecule has 1 saturated carbocycles. The Balaban J connectivity index is 1.81. The fraction of sp³-hybridized carbons (Fsp3) is 0.643. The molecule has 4 heteroatoms. The Morgan fingerprint density at radius 1 is 1.50 bits per heavy atom. The average molecular weight is 249 g/mol. The largest absolute Gasteiger partial charge is 0.393 e.